The maximum Gasteiger partial charge on any atom is 0.192 e. The Morgan fingerprint density at radius 1 is 0.842 bits per heavy atom. The van der Waals surface area contributed by atoms with Gasteiger partial charge < -0.3 is 5.73 Å². The molecule has 7 nitrogen and oxygen atoms in total. The molecular weight excluding hydrogens is 242 g/mol. The van der Waals surface area contributed by atoms with Crippen LogP contribution < -0.4 is 16.6 Å². The lowest BCUT2D eigenvalue weighted by atomic mass is 10.3. The Bertz CT molecular complexity index is 631. The normalized spacial score (nSPS) is 13.9. The molecule has 0 aromatic carbocycles. The van der Waals surface area contributed by atoms with Gasteiger partial charge in [0.25, 0.3) is 0 Å². The lowest BCUT2D eigenvalue weighted by Crippen LogP contribution is -2.35. The van der Waals surface area contributed by atoms with Crippen LogP contribution in [0, 0.1) is 0 Å². The van der Waals surface area contributed by atoms with E-state index < -0.39 is 0 Å². The summed E-state index contributed by atoms with van der Waals surface area (Å²) in [6.07, 6.45) is 3.26. The van der Waals surface area contributed by atoms with Crippen molar-refractivity contribution in [2.24, 2.45) is 10.2 Å². The van der Waals surface area contributed by atoms with Gasteiger partial charge in [-0.2, -0.15) is 10.2 Å². The number of hydrogen-bond donors (Lipinski definition) is 3. The Balaban J connectivity index is 1.78. The molecule has 19 heavy (non-hydrogen) atoms. The molecule has 0 unspecified atom stereocenters. The van der Waals surface area contributed by atoms with Crippen molar-refractivity contribution in [1.29, 1.82) is 0 Å². The van der Waals surface area contributed by atoms with Crippen LogP contribution in [0.25, 0.3) is 0 Å². The van der Waals surface area contributed by atoms with Crippen LogP contribution in [-0.2, 0) is 0 Å². The van der Waals surface area contributed by atoms with E-state index in [1.165, 1.54) is 0 Å². The van der Waals surface area contributed by atoms with Gasteiger partial charge in [0, 0.05) is 6.20 Å². The van der Waals surface area contributed by atoms with Gasteiger partial charge in [-0.15, -0.1) is 0 Å². The summed E-state index contributed by atoms with van der Waals surface area (Å²) in [4.78, 5) is 8.33. The number of aromatic nitrogens is 2. The first-order valence-electron chi connectivity index (χ1n) is 5.63. The van der Waals surface area contributed by atoms with Gasteiger partial charge >= 0.3 is 0 Å². The predicted octanol–water partition coefficient (Wildman–Crippen LogP) is 0.275. The number of rotatable bonds is 2. The van der Waals surface area contributed by atoms with Gasteiger partial charge in [0.1, 0.15) is 11.4 Å². The number of anilines is 1. The van der Waals surface area contributed by atoms with Crippen LogP contribution in [0.3, 0.4) is 0 Å². The Hall–Kier alpha value is -2.96. The molecule has 7 heteroatoms. The van der Waals surface area contributed by atoms with Crippen LogP contribution in [0.5, 0.6) is 0 Å². The number of nitrogen functional groups attached to an aromatic ring is 1. The highest BCUT2D eigenvalue weighted by molar-refractivity contribution is 6.04. The topological polar surface area (TPSA) is 101 Å². The SMILES string of the molecule is Nc1ccc(C2=NNC(c3ccccn3)=NN2)nc1. The minimum absolute atomic E-state index is 0.527. The molecule has 0 fully saturated rings. The molecule has 0 spiro atoms. The predicted molar refractivity (Wildman–Crippen MR) is 72.2 cm³/mol. The standard InChI is InChI=1S/C12H11N7/c13-8-4-5-10(15-7-8)12-18-16-11(17-19-12)9-3-1-2-6-14-9/h1-7H,13H2,(H,16,17)(H,18,19). The fourth-order valence-corrected chi connectivity index (χ4v) is 1.55. The van der Waals surface area contributed by atoms with Gasteiger partial charge in [0.15, 0.2) is 11.7 Å². The Morgan fingerprint density at radius 2 is 1.58 bits per heavy atom. The zero-order valence-electron chi connectivity index (χ0n) is 9.91. The van der Waals surface area contributed by atoms with Crippen molar-refractivity contribution in [3.63, 3.8) is 0 Å². The third-order valence-corrected chi connectivity index (χ3v) is 2.48. The summed E-state index contributed by atoms with van der Waals surface area (Å²) in [5, 5.41) is 8.34. The van der Waals surface area contributed by atoms with E-state index in [0.29, 0.717) is 28.7 Å². The van der Waals surface area contributed by atoms with Gasteiger partial charge in [-0.05, 0) is 24.3 Å². The smallest absolute Gasteiger partial charge is 0.192 e. The van der Waals surface area contributed by atoms with E-state index in [1.807, 2.05) is 18.2 Å². The molecule has 0 amide bonds. The first-order chi connectivity index (χ1) is 9.33. The zero-order valence-corrected chi connectivity index (χ0v) is 9.91. The van der Waals surface area contributed by atoms with E-state index >= 15 is 0 Å². The summed E-state index contributed by atoms with van der Waals surface area (Å²) in [5.74, 6) is 1.08. The Kier molecular flexibility index (Phi) is 2.77. The molecular formula is C12H11N7. The second-order valence-corrected chi connectivity index (χ2v) is 3.84. The van der Waals surface area contributed by atoms with E-state index in [1.54, 1.807) is 24.5 Å². The molecule has 94 valence electrons. The highest BCUT2D eigenvalue weighted by Crippen LogP contribution is 2.04. The van der Waals surface area contributed by atoms with Crippen molar-refractivity contribution < 1.29 is 0 Å². The molecule has 0 bridgehead atoms. The van der Waals surface area contributed by atoms with Gasteiger partial charge in [-0.1, -0.05) is 6.07 Å². The number of hydrazone groups is 2. The summed E-state index contributed by atoms with van der Waals surface area (Å²) in [6, 6.07) is 9.09. The van der Waals surface area contributed by atoms with E-state index in [-0.39, 0.29) is 0 Å². The van der Waals surface area contributed by atoms with Crippen LogP contribution in [0.4, 0.5) is 5.69 Å². The van der Waals surface area contributed by atoms with Crippen molar-refractivity contribution in [1.82, 2.24) is 20.8 Å². The summed E-state index contributed by atoms with van der Waals surface area (Å²) < 4.78 is 0. The van der Waals surface area contributed by atoms with Crippen molar-refractivity contribution in [3.05, 3.63) is 54.1 Å². The molecule has 3 heterocycles. The molecule has 0 aliphatic carbocycles. The average Bonchev–Trinajstić information content (AvgIpc) is 2.49. The van der Waals surface area contributed by atoms with E-state index in [2.05, 4.69) is 31.0 Å². The van der Waals surface area contributed by atoms with Crippen LogP contribution in [-0.4, -0.2) is 21.6 Å². The number of nitrogens with zero attached hydrogens (tertiary/aromatic N) is 4. The van der Waals surface area contributed by atoms with E-state index in [0.717, 1.165) is 0 Å². The van der Waals surface area contributed by atoms with E-state index in [4.69, 9.17) is 5.73 Å². The molecule has 1 aliphatic heterocycles. The van der Waals surface area contributed by atoms with Crippen molar-refractivity contribution in [2.75, 3.05) is 5.73 Å². The number of nitrogens with one attached hydrogen (secondary N) is 2. The number of pyridine rings is 2. The van der Waals surface area contributed by atoms with Crippen molar-refractivity contribution >= 4 is 17.4 Å². The highest BCUT2D eigenvalue weighted by Gasteiger charge is 2.12. The minimum Gasteiger partial charge on any atom is -0.397 e. The molecule has 2 aromatic rings. The zero-order chi connectivity index (χ0) is 13.1. The second-order valence-electron chi connectivity index (χ2n) is 3.84. The minimum atomic E-state index is 0.527. The number of amidine groups is 2. The molecule has 2 aromatic heterocycles. The summed E-state index contributed by atoms with van der Waals surface area (Å²) >= 11 is 0. The first-order valence-corrected chi connectivity index (χ1v) is 5.63. The summed E-state index contributed by atoms with van der Waals surface area (Å²) in [7, 11) is 0. The van der Waals surface area contributed by atoms with Crippen LogP contribution in [0.2, 0.25) is 0 Å². The quantitative estimate of drug-likeness (QED) is 0.713. The second kappa shape index (κ2) is 4.73. The number of nitrogens with two attached hydrogens (primary N) is 1. The largest absolute Gasteiger partial charge is 0.397 e. The molecule has 3 rings (SSSR count). The summed E-state index contributed by atoms with van der Waals surface area (Å²) in [6.45, 7) is 0. The Morgan fingerprint density at radius 3 is 2.11 bits per heavy atom. The number of hydrogen-bond acceptors (Lipinski definition) is 7. The molecule has 1 aliphatic rings. The van der Waals surface area contributed by atoms with Crippen molar-refractivity contribution in [2.45, 2.75) is 0 Å². The van der Waals surface area contributed by atoms with E-state index in [9.17, 15) is 0 Å². The average molecular weight is 253 g/mol. The van der Waals surface area contributed by atoms with Gasteiger partial charge in [-0.3, -0.25) is 20.8 Å². The fourth-order valence-electron chi connectivity index (χ4n) is 1.55. The molecule has 4 N–H and O–H groups in total. The molecule has 0 radical (unpaired) electrons. The Labute approximate surface area is 109 Å². The molecule has 0 atom stereocenters. The lowest BCUT2D eigenvalue weighted by Gasteiger charge is -2.13. The molecule has 0 saturated carbocycles. The lowest BCUT2D eigenvalue weighted by molar-refractivity contribution is 0.873. The fraction of sp³-hybridized carbons (Fsp3) is 0. The highest BCUT2D eigenvalue weighted by atomic mass is 15.5. The van der Waals surface area contributed by atoms with Crippen molar-refractivity contribution in [3.8, 4) is 0 Å². The monoisotopic (exact) mass is 253 g/mol. The first kappa shape index (κ1) is 11.1. The maximum atomic E-state index is 5.58. The van der Waals surface area contributed by atoms with Crippen LogP contribution in [0.15, 0.2) is 52.9 Å². The van der Waals surface area contributed by atoms with Gasteiger partial charge in [-0.25, -0.2) is 0 Å². The third kappa shape index (κ3) is 2.34. The van der Waals surface area contributed by atoms with Crippen LogP contribution >= 0.6 is 0 Å². The molecule has 0 saturated heterocycles. The van der Waals surface area contributed by atoms with Gasteiger partial charge in [0.05, 0.1) is 11.9 Å². The summed E-state index contributed by atoms with van der Waals surface area (Å²) in [5.41, 5.74) is 13.2. The maximum absolute atomic E-state index is 5.58. The van der Waals surface area contributed by atoms with Crippen LogP contribution in [0.1, 0.15) is 11.4 Å². The third-order valence-electron chi connectivity index (χ3n) is 2.48. The van der Waals surface area contributed by atoms with Gasteiger partial charge in [0.2, 0.25) is 0 Å².